The van der Waals surface area contributed by atoms with Gasteiger partial charge in [0.1, 0.15) is 12.1 Å². The monoisotopic (exact) mass is 500 g/mol. The van der Waals surface area contributed by atoms with Gasteiger partial charge in [-0.3, -0.25) is 19.3 Å². The quantitative estimate of drug-likeness (QED) is 0.349. The van der Waals surface area contributed by atoms with Crippen LogP contribution in [0.5, 0.6) is 0 Å². The van der Waals surface area contributed by atoms with Gasteiger partial charge in [-0.15, -0.1) is 5.10 Å². The number of rotatable bonds is 9. The van der Waals surface area contributed by atoms with Crippen LogP contribution < -0.4 is 10.2 Å². The second kappa shape index (κ2) is 10.4. The third-order valence-corrected chi connectivity index (χ3v) is 6.64. The smallest absolute Gasteiger partial charge is 0.249 e. The van der Waals surface area contributed by atoms with E-state index in [1.807, 2.05) is 75.0 Å². The van der Waals surface area contributed by atoms with E-state index >= 15 is 0 Å². The molecule has 9 heteroatoms. The highest BCUT2D eigenvalue weighted by atomic mass is 16.2. The second-order valence-corrected chi connectivity index (χ2v) is 9.78. The van der Waals surface area contributed by atoms with Crippen molar-refractivity contribution in [3.05, 3.63) is 78.1 Å². The number of aromatic nitrogens is 4. The van der Waals surface area contributed by atoms with Crippen LogP contribution in [-0.2, 0) is 23.2 Å². The van der Waals surface area contributed by atoms with Crippen LogP contribution in [-0.4, -0.2) is 42.7 Å². The summed E-state index contributed by atoms with van der Waals surface area (Å²) in [5, 5.41) is 11.4. The Bertz CT molecular complexity index is 1430. The average Bonchev–Trinajstić information content (AvgIpc) is 3.48. The largest absolute Gasteiger partial charge is 0.352 e. The van der Waals surface area contributed by atoms with Crippen LogP contribution in [0.25, 0.3) is 11.0 Å². The van der Waals surface area contributed by atoms with Crippen LogP contribution >= 0.6 is 0 Å². The Balaban J connectivity index is 1.82. The summed E-state index contributed by atoms with van der Waals surface area (Å²) in [6.07, 6.45) is 2.55. The SMILES string of the molecule is CCC(C)(C)NC(=O)[C@@H](c1cccn1C)N(C(=O)Cn1nnc2ccccc21)c1ccc(C(C)=O)cc1. The van der Waals surface area contributed by atoms with Gasteiger partial charge in [-0.2, -0.15) is 0 Å². The van der Waals surface area contributed by atoms with Gasteiger partial charge in [-0.05, 0) is 75.7 Å². The van der Waals surface area contributed by atoms with Crippen LogP contribution in [0.4, 0.5) is 5.69 Å². The molecule has 2 aromatic carbocycles. The zero-order valence-electron chi connectivity index (χ0n) is 21.8. The van der Waals surface area contributed by atoms with Gasteiger partial charge in [0, 0.05) is 30.0 Å². The van der Waals surface area contributed by atoms with E-state index in [1.54, 1.807) is 24.3 Å². The number of fused-ring (bicyclic) bond motifs is 1. The first-order valence-corrected chi connectivity index (χ1v) is 12.3. The Hall–Kier alpha value is -4.27. The van der Waals surface area contributed by atoms with Crippen LogP contribution in [0, 0.1) is 0 Å². The summed E-state index contributed by atoms with van der Waals surface area (Å²) in [4.78, 5) is 41.3. The number of amides is 2. The second-order valence-electron chi connectivity index (χ2n) is 9.78. The lowest BCUT2D eigenvalue weighted by Gasteiger charge is -2.34. The van der Waals surface area contributed by atoms with Crippen molar-refractivity contribution in [2.45, 2.75) is 52.2 Å². The predicted octanol–water partition coefficient (Wildman–Crippen LogP) is 4.05. The van der Waals surface area contributed by atoms with Gasteiger partial charge in [0.25, 0.3) is 0 Å². The van der Waals surface area contributed by atoms with Gasteiger partial charge in [0.05, 0.1) is 11.2 Å². The summed E-state index contributed by atoms with van der Waals surface area (Å²) in [6.45, 7) is 7.25. The molecule has 9 nitrogen and oxygen atoms in total. The van der Waals surface area contributed by atoms with Crippen molar-refractivity contribution < 1.29 is 14.4 Å². The third-order valence-electron chi connectivity index (χ3n) is 6.64. The molecule has 4 rings (SSSR count). The molecule has 1 atom stereocenters. The predicted molar refractivity (Wildman–Crippen MR) is 142 cm³/mol. The van der Waals surface area contributed by atoms with Crippen molar-refractivity contribution in [2.75, 3.05) is 4.90 Å². The molecule has 37 heavy (non-hydrogen) atoms. The lowest BCUT2D eigenvalue weighted by Crippen LogP contribution is -2.51. The number of Topliss-reactive ketones (excluding diaryl/α,β-unsaturated/α-hetero) is 1. The number of benzene rings is 2. The Labute approximate surface area is 216 Å². The Morgan fingerprint density at radius 2 is 1.73 bits per heavy atom. The molecule has 1 N–H and O–H groups in total. The Morgan fingerprint density at radius 3 is 2.35 bits per heavy atom. The minimum absolute atomic E-state index is 0.0834. The first-order chi connectivity index (χ1) is 17.6. The molecule has 2 heterocycles. The van der Waals surface area contributed by atoms with Crippen molar-refractivity contribution in [2.24, 2.45) is 7.05 Å². The van der Waals surface area contributed by atoms with Crippen molar-refractivity contribution in [1.82, 2.24) is 24.9 Å². The van der Waals surface area contributed by atoms with Crippen molar-refractivity contribution in [3.63, 3.8) is 0 Å². The molecular formula is C28H32N6O3. The summed E-state index contributed by atoms with van der Waals surface area (Å²) in [7, 11) is 1.84. The number of nitrogens with zero attached hydrogens (tertiary/aromatic N) is 5. The molecule has 0 aliphatic rings. The van der Waals surface area contributed by atoms with Gasteiger partial charge in [0.2, 0.25) is 11.8 Å². The molecule has 2 amide bonds. The van der Waals surface area contributed by atoms with E-state index in [9.17, 15) is 14.4 Å². The summed E-state index contributed by atoms with van der Waals surface area (Å²) in [5.41, 5.74) is 2.58. The van der Waals surface area contributed by atoms with E-state index in [-0.39, 0.29) is 24.1 Å². The number of nitrogens with one attached hydrogen (secondary N) is 1. The standard InChI is InChI=1S/C28H32N6O3/c1-6-28(3,4)29-27(37)26(24-12-9-17-32(24)5)34(21-15-13-20(14-16-21)19(2)35)25(36)18-33-23-11-8-7-10-22(23)30-31-33/h7-17,26H,6,18H2,1-5H3,(H,29,37)/t26-/m1/s1. The highest BCUT2D eigenvalue weighted by Gasteiger charge is 2.36. The van der Waals surface area contributed by atoms with Crippen molar-refractivity contribution in [1.29, 1.82) is 0 Å². The number of hydrogen-bond acceptors (Lipinski definition) is 5. The fourth-order valence-electron chi connectivity index (χ4n) is 4.16. The van der Waals surface area contributed by atoms with E-state index in [0.29, 0.717) is 28.9 Å². The third kappa shape index (κ3) is 5.45. The molecule has 0 aliphatic carbocycles. The number of carbonyl (C=O) groups excluding carboxylic acids is 3. The van der Waals surface area contributed by atoms with E-state index < -0.39 is 11.6 Å². The first-order valence-electron chi connectivity index (χ1n) is 12.3. The van der Waals surface area contributed by atoms with Crippen molar-refractivity contribution >= 4 is 34.3 Å². The number of anilines is 1. The Morgan fingerprint density at radius 1 is 1.03 bits per heavy atom. The molecule has 192 valence electrons. The van der Waals surface area contributed by atoms with Crippen LogP contribution in [0.2, 0.25) is 0 Å². The molecular weight excluding hydrogens is 468 g/mol. The van der Waals surface area contributed by atoms with Gasteiger partial charge in [-0.1, -0.05) is 24.3 Å². The maximum absolute atomic E-state index is 14.0. The normalized spacial score (nSPS) is 12.4. The minimum atomic E-state index is -0.962. The number of aryl methyl sites for hydroxylation is 1. The zero-order valence-corrected chi connectivity index (χ0v) is 21.8. The molecule has 0 fully saturated rings. The first kappa shape index (κ1) is 25.8. The van der Waals surface area contributed by atoms with Crippen LogP contribution in [0.15, 0.2) is 66.9 Å². The fraction of sp³-hybridized carbons (Fsp3) is 0.321. The van der Waals surface area contributed by atoms with E-state index in [4.69, 9.17) is 0 Å². The van der Waals surface area contributed by atoms with Gasteiger partial charge in [0.15, 0.2) is 11.8 Å². The number of para-hydroxylation sites is 1. The topological polar surface area (TPSA) is 102 Å². The highest BCUT2D eigenvalue weighted by molar-refractivity contribution is 6.02. The minimum Gasteiger partial charge on any atom is -0.352 e. The molecule has 0 unspecified atom stereocenters. The van der Waals surface area contributed by atoms with Gasteiger partial charge < -0.3 is 9.88 Å². The van der Waals surface area contributed by atoms with Gasteiger partial charge in [-0.25, -0.2) is 4.68 Å². The van der Waals surface area contributed by atoms with E-state index in [1.165, 1.54) is 16.5 Å². The maximum atomic E-state index is 14.0. The summed E-state index contributed by atoms with van der Waals surface area (Å²) in [5.74, 6) is -0.733. The van der Waals surface area contributed by atoms with E-state index in [0.717, 1.165) is 5.52 Å². The summed E-state index contributed by atoms with van der Waals surface area (Å²) < 4.78 is 3.36. The molecule has 0 spiro atoms. The van der Waals surface area contributed by atoms with Crippen LogP contribution in [0.3, 0.4) is 0 Å². The molecule has 4 aromatic rings. The van der Waals surface area contributed by atoms with E-state index in [2.05, 4.69) is 15.6 Å². The average molecular weight is 501 g/mol. The molecule has 0 saturated heterocycles. The number of ketones is 1. The lowest BCUT2D eigenvalue weighted by atomic mass is 10.00. The summed E-state index contributed by atoms with van der Waals surface area (Å²) >= 11 is 0. The van der Waals surface area contributed by atoms with Gasteiger partial charge >= 0.3 is 0 Å². The van der Waals surface area contributed by atoms with Crippen LogP contribution in [0.1, 0.15) is 56.2 Å². The summed E-state index contributed by atoms with van der Waals surface area (Å²) in [6, 6.07) is 16.8. The van der Waals surface area contributed by atoms with Crippen molar-refractivity contribution in [3.8, 4) is 0 Å². The molecule has 2 aromatic heterocycles. The maximum Gasteiger partial charge on any atom is 0.249 e. The molecule has 0 aliphatic heterocycles. The zero-order chi connectivity index (χ0) is 26.7. The molecule has 0 radical (unpaired) electrons. The fourth-order valence-corrected chi connectivity index (χ4v) is 4.16. The lowest BCUT2D eigenvalue weighted by molar-refractivity contribution is -0.128. The Kier molecular flexibility index (Phi) is 7.24. The highest BCUT2D eigenvalue weighted by Crippen LogP contribution is 2.30. The number of hydrogen-bond donors (Lipinski definition) is 1. The molecule has 0 bridgehead atoms. The molecule has 0 saturated carbocycles. The number of carbonyl (C=O) groups is 3.